The van der Waals surface area contributed by atoms with Crippen molar-refractivity contribution in [1.82, 2.24) is 9.78 Å². The molecule has 0 unspecified atom stereocenters. The second-order valence-electron chi connectivity index (χ2n) is 7.01. The molecule has 0 radical (unpaired) electrons. The second-order valence-corrected chi connectivity index (χ2v) is 7.01. The van der Waals surface area contributed by atoms with E-state index in [9.17, 15) is 5.11 Å². The third kappa shape index (κ3) is 4.99. The van der Waals surface area contributed by atoms with Gasteiger partial charge in [-0.05, 0) is 57.2 Å². The Labute approximate surface area is 149 Å². The first-order valence-corrected chi connectivity index (χ1v) is 8.76. The van der Waals surface area contributed by atoms with E-state index in [0.29, 0.717) is 6.61 Å². The van der Waals surface area contributed by atoms with Crippen molar-refractivity contribution in [3.05, 3.63) is 30.0 Å². The fourth-order valence-electron chi connectivity index (χ4n) is 2.70. The van der Waals surface area contributed by atoms with E-state index in [0.717, 1.165) is 48.3 Å². The fourth-order valence-corrected chi connectivity index (χ4v) is 2.70. The van der Waals surface area contributed by atoms with Crippen molar-refractivity contribution in [2.45, 2.75) is 46.5 Å². The molecular weight excluding hydrogens is 314 g/mol. The third-order valence-corrected chi connectivity index (χ3v) is 4.31. The number of nitriles is 1. The zero-order valence-corrected chi connectivity index (χ0v) is 15.5. The number of rotatable bonds is 8. The molecule has 1 N–H and O–H groups in total. The second kappa shape index (κ2) is 8.06. The van der Waals surface area contributed by atoms with Gasteiger partial charge in [-0.25, -0.2) is 0 Å². The van der Waals surface area contributed by atoms with Gasteiger partial charge in [-0.1, -0.05) is 6.92 Å². The van der Waals surface area contributed by atoms with Gasteiger partial charge in [-0.3, -0.25) is 4.68 Å². The summed E-state index contributed by atoms with van der Waals surface area (Å²) in [6, 6.07) is 7.83. The zero-order valence-electron chi connectivity index (χ0n) is 15.5. The lowest BCUT2D eigenvalue weighted by atomic mass is 9.89. The van der Waals surface area contributed by atoms with Crippen LogP contribution in [0.4, 0.5) is 0 Å². The Morgan fingerprint density at radius 2 is 2.08 bits per heavy atom. The van der Waals surface area contributed by atoms with Gasteiger partial charge in [0.05, 0.1) is 23.8 Å². The third-order valence-electron chi connectivity index (χ3n) is 4.31. The zero-order chi connectivity index (χ0) is 18.4. The lowest BCUT2D eigenvalue weighted by molar-refractivity contribution is 0.291. The van der Waals surface area contributed by atoms with Crippen LogP contribution in [0.3, 0.4) is 0 Å². The lowest BCUT2D eigenvalue weighted by Gasteiger charge is -2.16. The molecule has 2 rings (SSSR count). The molecular formula is C20H27N3O2. The number of hydrogen-bond acceptors (Lipinski definition) is 4. The van der Waals surface area contributed by atoms with Crippen LogP contribution < -0.4 is 4.74 Å². The van der Waals surface area contributed by atoms with Crippen LogP contribution in [-0.4, -0.2) is 21.5 Å². The van der Waals surface area contributed by atoms with E-state index < -0.39 is 0 Å². The van der Waals surface area contributed by atoms with E-state index >= 15 is 0 Å². The molecule has 0 fully saturated rings. The quantitative estimate of drug-likeness (QED) is 0.720. The van der Waals surface area contributed by atoms with E-state index in [4.69, 9.17) is 10.00 Å². The topological polar surface area (TPSA) is 71.1 Å². The molecule has 0 aliphatic heterocycles. The van der Waals surface area contributed by atoms with Crippen LogP contribution in [0, 0.1) is 16.7 Å². The molecule has 0 atom stereocenters. The van der Waals surface area contributed by atoms with Crippen molar-refractivity contribution in [3.63, 3.8) is 0 Å². The summed E-state index contributed by atoms with van der Waals surface area (Å²) in [5, 5.41) is 23.7. The van der Waals surface area contributed by atoms with E-state index in [-0.39, 0.29) is 11.2 Å². The predicted molar refractivity (Wildman–Crippen MR) is 98.4 cm³/mol. The van der Waals surface area contributed by atoms with Gasteiger partial charge >= 0.3 is 0 Å². The summed E-state index contributed by atoms with van der Waals surface area (Å²) >= 11 is 0. The maximum Gasteiger partial charge on any atom is 0.128 e. The molecule has 134 valence electrons. The molecule has 2 aromatic rings. The number of aryl methyl sites for hydroxylation is 2. The summed E-state index contributed by atoms with van der Waals surface area (Å²) in [7, 11) is 1.85. The van der Waals surface area contributed by atoms with Crippen molar-refractivity contribution in [2.75, 3.05) is 6.61 Å². The van der Waals surface area contributed by atoms with Gasteiger partial charge in [0.15, 0.2) is 0 Å². The summed E-state index contributed by atoms with van der Waals surface area (Å²) < 4.78 is 7.60. The lowest BCUT2D eigenvalue weighted by Crippen LogP contribution is -2.08. The average molecular weight is 341 g/mol. The van der Waals surface area contributed by atoms with Gasteiger partial charge < -0.3 is 9.84 Å². The number of nitrogens with zero attached hydrogens (tertiary/aromatic N) is 3. The predicted octanol–water partition coefficient (Wildman–Crippen LogP) is 4.45. The van der Waals surface area contributed by atoms with Crippen molar-refractivity contribution >= 4 is 0 Å². The molecule has 1 aromatic carbocycles. The Hall–Kier alpha value is -2.48. The molecule has 5 heteroatoms. The maximum atomic E-state index is 10.3. The van der Waals surface area contributed by atoms with Gasteiger partial charge in [0.2, 0.25) is 0 Å². The van der Waals surface area contributed by atoms with E-state index in [1.54, 1.807) is 10.7 Å². The number of phenols is 1. The minimum atomic E-state index is -0.281. The van der Waals surface area contributed by atoms with Crippen molar-refractivity contribution < 1.29 is 9.84 Å². The molecule has 0 bridgehead atoms. The van der Waals surface area contributed by atoms with Gasteiger partial charge in [0.25, 0.3) is 0 Å². The first kappa shape index (κ1) is 18.9. The van der Waals surface area contributed by atoms with Crippen LogP contribution >= 0.6 is 0 Å². The summed E-state index contributed by atoms with van der Waals surface area (Å²) in [5.74, 6) is 0.899. The van der Waals surface area contributed by atoms with Crippen molar-refractivity contribution in [3.8, 4) is 28.8 Å². The van der Waals surface area contributed by atoms with Gasteiger partial charge in [0.1, 0.15) is 11.5 Å². The molecule has 0 saturated heterocycles. The van der Waals surface area contributed by atoms with E-state index in [2.05, 4.69) is 18.1 Å². The summed E-state index contributed by atoms with van der Waals surface area (Å²) in [5.41, 5.74) is 2.24. The minimum absolute atomic E-state index is 0.177. The first-order valence-electron chi connectivity index (χ1n) is 8.76. The minimum Gasteiger partial charge on any atom is -0.507 e. The summed E-state index contributed by atoms with van der Waals surface area (Å²) in [6.07, 6.45) is 5.36. The molecule has 1 aromatic heterocycles. The van der Waals surface area contributed by atoms with Gasteiger partial charge in [-0.15, -0.1) is 0 Å². The number of ether oxygens (including phenoxy) is 1. The van der Waals surface area contributed by atoms with Crippen molar-refractivity contribution in [1.29, 1.82) is 5.26 Å². The highest BCUT2D eigenvalue weighted by molar-refractivity contribution is 5.69. The molecule has 5 nitrogen and oxygen atoms in total. The van der Waals surface area contributed by atoms with Crippen molar-refractivity contribution in [2.24, 2.45) is 12.5 Å². The molecule has 1 heterocycles. The first-order chi connectivity index (χ1) is 11.9. The Bertz CT molecular complexity index is 757. The Morgan fingerprint density at radius 1 is 1.32 bits per heavy atom. The normalized spacial score (nSPS) is 11.3. The average Bonchev–Trinajstić information content (AvgIpc) is 3.00. The largest absolute Gasteiger partial charge is 0.507 e. The molecule has 0 aliphatic carbocycles. The maximum absolute atomic E-state index is 10.3. The highest BCUT2D eigenvalue weighted by Gasteiger charge is 2.16. The highest BCUT2D eigenvalue weighted by Crippen LogP contribution is 2.35. The molecule has 0 amide bonds. The van der Waals surface area contributed by atoms with Crippen LogP contribution in [0.25, 0.3) is 11.3 Å². The Kier molecular flexibility index (Phi) is 6.08. The van der Waals surface area contributed by atoms with Crippen LogP contribution in [0.15, 0.2) is 24.4 Å². The molecule has 0 spiro atoms. The fraction of sp³-hybridized carbons (Fsp3) is 0.500. The van der Waals surface area contributed by atoms with Gasteiger partial charge in [-0.2, -0.15) is 10.4 Å². The molecule has 25 heavy (non-hydrogen) atoms. The van der Waals surface area contributed by atoms with Crippen LogP contribution in [0.1, 0.15) is 45.6 Å². The van der Waals surface area contributed by atoms with E-state index in [1.165, 1.54) is 0 Å². The molecule has 0 saturated carbocycles. The molecule has 0 aliphatic rings. The van der Waals surface area contributed by atoms with Gasteiger partial charge in [0, 0.05) is 24.9 Å². The summed E-state index contributed by atoms with van der Waals surface area (Å²) in [6.45, 7) is 6.56. The number of aromatic nitrogens is 2. The smallest absolute Gasteiger partial charge is 0.128 e. The van der Waals surface area contributed by atoms with Crippen LogP contribution in [-0.2, 0) is 13.5 Å². The SMILES string of the molecule is CCc1cc(-c2ccn(C)n2)c(O)cc1OCCCCC(C)(C)C#N. The van der Waals surface area contributed by atoms with Crippen LogP contribution in [0.2, 0.25) is 0 Å². The highest BCUT2D eigenvalue weighted by atomic mass is 16.5. The van der Waals surface area contributed by atoms with Crippen LogP contribution in [0.5, 0.6) is 11.5 Å². The number of unbranched alkanes of at least 4 members (excludes halogenated alkanes) is 1. The number of hydrogen-bond donors (Lipinski definition) is 1. The Balaban J connectivity index is 2.02. The monoisotopic (exact) mass is 341 g/mol. The standard InChI is InChI=1S/C20H27N3O2/c1-5-15-12-16(17-8-10-23(4)22-17)18(24)13-19(15)25-11-7-6-9-20(2,3)14-21/h8,10,12-13,24H,5-7,9,11H2,1-4H3. The Morgan fingerprint density at radius 3 is 2.68 bits per heavy atom. The van der Waals surface area contributed by atoms with E-state index in [1.807, 2.05) is 39.2 Å². The number of phenolic OH excluding ortho intramolecular Hbond substituents is 1. The summed E-state index contributed by atoms with van der Waals surface area (Å²) in [4.78, 5) is 0. The number of benzene rings is 1. The number of aromatic hydroxyl groups is 1.